The third-order valence-electron chi connectivity index (χ3n) is 8.10. The van der Waals surface area contributed by atoms with Crippen molar-refractivity contribution in [2.45, 2.75) is 51.5 Å². The van der Waals surface area contributed by atoms with Gasteiger partial charge in [0.05, 0.1) is 44.7 Å². The van der Waals surface area contributed by atoms with Crippen molar-refractivity contribution in [2.75, 3.05) is 33.8 Å². The Bertz CT molecular complexity index is 1680. The molecule has 10 nitrogen and oxygen atoms in total. The lowest BCUT2D eigenvalue weighted by Gasteiger charge is -2.21. The first-order chi connectivity index (χ1) is 21.3. The lowest BCUT2D eigenvalue weighted by Crippen LogP contribution is -2.20. The second kappa shape index (κ2) is 13.8. The third kappa shape index (κ3) is 6.44. The number of hydrogen-bond acceptors (Lipinski definition) is 8. The van der Waals surface area contributed by atoms with Crippen LogP contribution in [0.25, 0.3) is 22.2 Å². The number of fused-ring (bicyclic) bond motifs is 1. The third-order valence-corrected chi connectivity index (χ3v) is 9.42. The molecule has 2 heterocycles. The van der Waals surface area contributed by atoms with E-state index in [2.05, 4.69) is 5.32 Å². The van der Waals surface area contributed by atoms with E-state index in [1.165, 1.54) is 62.2 Å². The Morgan fingerprint density at radius 2 is 1.66 bits per heavy atom. The number of halogens is 1. The van der Waals surface area contributed by atoms with E-state index < -0.39 is 18.4 Å². The largest absolute Gasteiger partial charge is 0.496 e. The number of methoxy groups -OCH3 is 4. The van der Waals surface area contributed by atoms with Crippen molar-refractivity contribution >= 4 is 50.8 Å². The van der Waals surface area contributed by atoms with Gasteiger partial charge in [-0.05, 0) is 43.0 Å². The summed E-state index contributed by atoms with van der Waals surface area (Å²) in [5, 5.41) is 14.0. The average molecular weight is 642 g/mol. The lowest BCUT2D eigenvalue weighted by molar-refractivity contribution is -0.137. The first kappa shape index (κ1) is 31.5. The molecule has 234 valence electrons. The Balaban J connectivity index is 1.56. The van der Waals surface area contributed by atoms with Crippen LogP contribution in [0.2, 0.25) is 5.02 Å². The van der Waals surface area contributed by atoms with Crippen LogP contribution in [0.3, 0.4) is 0 Å². The first-order valence-corrected chi connectivity index (χ1v) is 15.7. The van der Waals surface area contributed by atoms with Crippen LogP contribution in [0.5, 0.6) is 23.0 Å². The number of aryl methyl sites for hydroxylation is 1. The molecular weight excluding hydrogens is 606 g/mol. The molecule has 0 unspecified atom stereocenters. The van der Waals surface area contributed by atoms with Crippen LogP contribution in [-0.4, -0.2) is 55.0 Å². The van der Waals surface area contributed by atoms with E-state index in [1.54, 1.807) is 44.6 Å². The quantitative estimate of drug-likeness (QED) is 0.165. The molecule has 0 spiro atoms. The number of nitrogens with one attached hydrogen (secondary N) is 1. The van der Waals surface area contributed by atoms with Crippen molar-refractivity contribution < 1.29 is 33.6 Å². The maximum Gasteiger partial charge on any atom is 0.323 e. The Hall–Kier alpha value is -3.96. The van der Waals surface area contributed by atoms with Crippen LogP contribution in [-0.2, 0) is 17.8 Å². The Morgan fingerprint density at radius 3 is 2.32 bits per heavy atom. The zero-order chi connectivity index (χ0) is 31.4. The molecule has 1 aliphatic carbocycles. The number of aromatic nitrogens is 2. The van der Waals surface area contributed by atoms with E-state index in [0.717, 1.165) is 17.7 Å². The molecule has 1 saturated carbocycles. The molecule has 2 aromatic heterocycles. The van der Waals surface area contributed by atoms with Gasteiger partial charge in [-0.1, -0.05) is 43.7 Å². The second-order valence-electron chi connectivity index (χ2n) is 10.7. The zero-order valence-electron chi connectivity index (χ0n) is 25.2. The molecule has 1 amide bonds. The summed E-state index contributed by atoms with van der Waals surface area (Å²) >= 11 is 7.80. The number of carbonyl (C=O) groups excluding carboxylic acids is 1. The minimum atomic E-state index is -1.10. The van der Waals surface area contributed by atoms with E-state index in [9.17, 15) is 14.7 Å². The molecule has 44 heavy (non-hydrogen) atoms. The molecule has 0 bridgehead atoms. The van der Waals surface area contributed by atoms with Gasteiger partial charge in [-0.25, -0.2) is 4.98 Å². The molecule has 5 rings (SSSR count). The molecule has 0 aliphatic heterocycles. The highest BCUT2D eigenvalue weighted by atomic mass is 35.5. The first-order valence-electron chi connectivity index (χ1n) is 14.5. The van der Waals surface area contributed by atoms with Crippen molar-refractivity contribution in [3.63, 3.8) is 0 Å². The summed E-state index contributed by atoms with van der Waals surface area (Å²) in [6.45, 7) is -0.451. The normalized spacial score (nSPS) is 13.6. The van der Waals surface area contributed by atoms with Crippen molar-refractivity contribution in [2.24, 2.45) is 5.92 Å². The molecular formula is C32H36ClN3O7S. The summed E-state index contributed by atoms with van der Waals surface area (Å²) in [5.74, 6) is 0.975. The zero-order valence-corrected chi connectivity index (χ0v) is 26.8. The van der Waals surface area contributed by atoms with E-state index in [4.69, 9.17) is 35.5 Å². The van der Waals surface area contributed by atoms with Crippen molar-refractivity contribution in [1.29, 1.82) is 0 Å². The number of carbonyl (C=O) groups is 2. The van der Waals surface area contributed by atoms with Gasteiger partial charge in [0, 0.05) is 21.9 Å². The van der Waals surface area contributed by atoms with E-state index in [-0.39, 0.29) is 5.69 Å². The number of ether oxygens (including phenoxy) is 4. The number of carboxylic acid groups (broad SMARTS) is 1. The van der Waals surface area contributed by atoms with Gasteiger partial charge in [-0.3, -0.25) is 14.9 Å². The van der Waals surface area contributed by atoms with Crippen LogP contribution in [0.4, 0.5) is 5.13 Å². The van der Waals surface area contributed by atoms with Crippen LogP contribution < -0.4 is 24.3 Å². The number of amides is 1. The number of anilines is 1. The minimum Gasteiger partial charge on any atom is -0.496 e. The molecule has 1 aliphatic rings. The van der Waals surface area contributed by atoms with Gasteiger partial charge >= 0.3 is 5.97 Å². The van der Waals surface area contributed by atoms with Gasteiger partial charge in [-0.15, -0.1) is 11.3 Å². The van der Waals surface area contributed by atoms with Crippen molar-refractivity contribution in [1.82, 2.24) is 9.55 Å². The van der Waals surface area contributed by atoms with Crippen LogP contribution >= 0.6 is 22.9 Å². The Labute approximate surface area is 264 Å². The smallest absolute Gasteiger partial charge is 0.323 e. The van der Waals surface area contributed by atoms with Crippen molar-refractivity contribution in [3.8, 4) is 34.3 Å². The van der Waals surface area contributed by atoms with Crippen LogP contribution in [0, 0.1) is 5.92 Å². The molecule has 0 radical (unpaired) electrons. The highest BCUT2D eigenvalue weighted by molar-refractivity contribution is 7.16. The maximum atomic E-state index is 13.8. The molecule has 12 heteroatoms. The molecule has 0 atom stereocenters. The Morgan fingerprint density at radius 1 is 0.977 bits per heavy atom. The fraction of sp³-hybridized carbons (Fsp3) is 0.406. The second-order valence-corrected chi connectivity index (χ2v) is 12.2. The molecule has 1 fully saturated rings. The number of aliphatic carboxylic acids is 1. The molecule has 0 saturated heterocycles. The highest BCUT2D eigenvalue weighted by Crippen LogP contribution is 2.43. The number of carboxylic acids is 1. The van der Waals surface area contributed by atoms with Gasteiger partial charge < -0.3 is 28.6 Å². The average Bonchev–Trinajstić information content (AvgIpc) is 3.61. The standard InChI is InChI=1S/C32H36ClN3O7S/c1-40-23-11-12-24(41-2)30-20(23)14-22(36(30)17-28(37)38)31(39)35-32-34-29(19-15-26(43-4)21(33)16-25(19)42-3)27(44-32)13-10-18-8-6-5-7-9-18/h11-12,14-16,18H,5-10,13,17H2,1-4H3,(H,37,38)(H,34,35,39). The number of rotatable bonds is 12. The number of hydrogen-bond donors (Lipinski definition) is 2. The van der Waals surface area contributed by atoms with E-state index >= 15 is 0 Å². The summed E-state index contributed by atoms with van der Waals surface area (Å²) < 4.78 is 23.6. The fourth-order valence-electron chi connectivity index (χ4n) is 5.96. The minimum absolute atomic E-state index is 0.136. The SMILES string of the molecule is COc1cc(-c2nc(NC(=O)c3cc4c(OC)ccc(OC)c4n3CC(=O)O)sc2CCC2CCCCC2)c(OC)cc1Cl. The van der Waals surface area contributed by atoms with Gasteiger partial charge in [0.1, 0.15) is 35.2 Å². The number of benzene rings is 2. The molecule has 2 aromatic carbocycles. The van der Waals surface area contributed by atoms with Gasteiger partial charge in [0.15, 0.2) is 5.13 Å². The van der Waals surface area contributed by atoms with Crippen LogP contribution in [0.1, 0.15) is 53.9 Å². The molecule has 2 N–H and O–H groups in total. The van der Waals surface area contributed by atoms with Gasteiger partial charge in [-0.2, -0.15) is 0 Å². The Kier molecular flexibility index (Phi) is 9.85. The van der Waals surface area contributed by atoms with Crippen molar-refractivity contribution in [3.05, 3.63) is 45.9 Å². The summed E-state index contributed by atoms with van der Waals surface area (Å²) in [6, 6.07) is 8.51. The lowest BCUT2D eigenvalue weighted by atomic mass is 9.86. The highest BCUT2D eigenvalue weighted by Gasteiger charge is 2.26. The fourth-order valence-corrected chi connectivity index (χ4v) is 7.17. The summed E-state index contributed by atoms with van der Waals surface area (Å²) in [7, 11) is 6.13. The summed E-state index contributed by atoms with van der Waals surface area (Å²) in [4.78, 5) is 31.6. The monoisotopic (exact) mass is 641 g/mol. The maximum absolute atomic E-state index is 13.8. The topological polar surface area (TPSA) is 121 Å². The summed E-state index contributed by atoms with van der Waals surface area (Å²) in [6.07, 6.45) is 8.04. The summed E-state index contributed by atoms with van der Waals surface area (Å²) in [5.41, 5.74) is 1.97. The van der Waals surface area contributed by atoms with Crippen LogP contribution in [0.15, 0.2) is 30.3 Å². The number of thiazole rings is 1. The predicted molar refractivity (Wildman–Crippen MR) is 171 cm³/mol. The van der Waals surface area contributed by atoms with Gasteiger partial charge in [0.25, 0.3) is 5.91 Å². The molecule has 4 aromatic rings. The predicted octanol–water partition coefficient (Wildman–Crippen LogP) is 7.30. The van der Waals surface area contributed by atoms with Gasteiger partial charge in [0.2, 0.25) is 0 Å². The number of nitrogens with zero attached hydrogens (tertiary/aromatic N) is 2. The van der Waals surface area contributed by atoms with E-state index in [0.29, 0.717) is 61.2 Å². The van der Waals surface area contributed by atoms with E-state index in [1.807, 2.05) is 0 Å².